The van der Waals surface area contributed by atoms with Crippen molar-refractivity contribution in [2.75, 3.05) is 5.75 Å². The predicted molar refractivity (Wildman–Crippen MR) is 311 cm³/mol. The lowest BCUT2D eigenvalue weighted by Crippen LogP contribution is -2.28. The highest BCUT2D eigenvalue weighted by Crippen LogP contribution is 2.47. The van der Waals surface area contributed by atoms with E-state index >= 15 is 0 Å². The Bertz CT molecular complexity index is 1090. The first-order chi connectivity index (χ1) is 32.7. The zero-order valence-corrected chi connectivity index (χ0v) is 49.2. The summed E-state index contributed by atoms with van der Waals surface area (Å²) >= 11 is 4.31. The Morgan fingerprint density at radius 3 is 1.70 bits per heavy atom. The summed E-state index contributed by atoms with van der Waals surface area (Å²) in [6, 6.07) is 1.87. The Balaban J connectivity index is 0.000000428. The molecule has 398 valence electrons. The topological polar surface area (TPSA) is 12.0 Å². The zero-order valence-electron chi connectivity index (χ0n) is 48.3. The molecule has 1 heterocycles. The van der Waals surface area contributed by atoms with Gasteiger partial charge >= 0.3 is 0 Å². The van der Waals surface area contributed by atoms with Gasteiger partial charge in [-0.15, -0.1) is 6.58 Å². The zero-order chi connectivity index (χ0) is 49.7. The van der Waals surface area contributed by atoms with Gasteiger partial charge in [-0.3, -0.25) is 0 Å². The fraction of sp³-hybridized carbons (Fsp3) is 0.938. The Hall–Kier alpha value is -0.210. The van der Waals surface area contributed by atoms with Crippen molar-refractivity contribution in [2.45, 2.75) is 320 Å². The standard InChI is InChI=1S/C20H34.C16H32S.C10H17N.C7H14.C5H10.C3H8.2C2H6/c1-5-9-17-10-8-11-19(17)20-14-18(13-12-15(20)4)16(6-2)7-3;1-3-4-8-14(2)16-11-7-10-15(13-16)9-5-6-12-17;1-3-7-8-4-2-6-10(8)11-9(7)5-1;1-7-5-3-2-4-6-7;1-2-4-5-3-1;1-3-2;2*1-2/h6,14-19H,2,5,7-13H2,1,3-4H3;14-17H,3-13H2,1-2H3;7-11H,1-6H2;7H,2-6H2,1H3;1-5H2;3H2,1-2H3;2*1-2H3. The molecule has 0 aromatic heterocycles. The molecule has 1 N–H and O–H groups in total. The smallest absolute Gasteiger partial charge is 0.0101 e. The average molecular weight is 955 g/mol. The van der Waals surface area contributed by atoms with Crippen LogP contribution in [0.2, 0.25) is 0 Å². The van der Waals surface area contributed by atoms with Crippen LogP contribution in [-0.2, 0) is 0 Å². The van der Waals surface area contributed by atoms with Crippen molar-refractivity contribution in [2.24, 2.45) is 65.1 Å². The van der Waals surface area contributed by atoms with Gasteiger partial charge in [-0.2, -0.15) is 12.6 Å². The Morgan fingerprint density at radius 2 is 1.19 bits per heavy atom. The number of allylic oxidation sites excluding steroid dienone is 3. The molecular formula is C65H127NS. The van der Waals surface area contributed by atoms with E-state index in [-0.39, 0.29) is 0 Å². The van der Waals surface area contributed by atoms with Crippen LogP contribution in [0.5, 0.6) is 0 Å². The number of unbranched alkanes of at least 4 members (excludes halogenated alkanes) is 2. The molecule has 12 atom stereocenters. The van der Waals surface area contributed by atoms with E-state index in [1.54, 1.807) is 0 Å². The highest BCUT2D eigenvalue weighted by molar-refractivity contribution is 7.80. The summed E-state index contributed by atoms with van der Waals surface area (Å²) in [5.74, 6) is 11.5. The maximum Gasteiger partial charge on any atom is 0.0101 e. The molecule has 0 aromatic rings. The summed E-state index contributed by atoms with van der Waals surface area (Å²) in [7, 11) is 0. The maximum absolute atomic E-state index is 4.31. The fourth-order valence-corrected chi connectivity index (χ4v) is 14.3. The van der Waals surface area contributed by atoms with Gasteiger partial charge in [0.2, 0.25) is 0 Å². The lowest BCUT2D eigenvalue weighted by atomic mass is 9.71. The molecule has 8 aliphatic rings. The SMILES string of the molecule is C1CC2NC3CCCC3C2C1.C1CCCC1.C=CC(CC)C1C=C(C2CCCC2CCC)C(C)CC1.CC.CC.CC1CCCCC1.CCC.CCCCC(C)C1CCCC(CCCCS)C1. The van der Waals surface area contributed by atoms with Gasteiger partial charge in [-0.1, -0.05) is 255 Å². The van der Waals surface area contributed by atoms with Crippen molar-refractivity contribution in [3.8, 4) is 0 Å². The van der Waals surface area contributed by atoms with E-state index in [1.165, 1.54) is 225 Å². The molecule has 7 aliphatic carbocycles. The third-order valence-corrected chi connectivity index (χ3v) is 18.2. The summed E-state index contributed by atoms with van der Waals surface area (Å²) in [4.78, 5) is 0. The van der Waals surface area contributed by atoms with Crippen molar-refractivity contribution < 1.29 is 0 Å². The molecule has 8 rings (SSSR count). The van der Waals surface area contributed by atoms with Crippen LogP contribution < -0.4 is 5.32 Å². The van der Waals surface area contributed by atoms with Crippen molar-refractivity contribution in [1.82, 2.24) is 5.32 Å². The van der Waals surface area contributed by atoms with Crippen LogP contribution in [0.25, 0.3) is 0 Å². The predicted octanol–water partition coefficient (Wildman–Crippen LogP) is 22.0. The fourth-order valence-electron chi connectivity index (χ4n) is 14.1. The van der Waals surface area contributed by atoms with Crippen LogP contribution >= 0.6 is 12.6 Å². The van der Waals surface area contributed by atoms with E-state index in [1.807, 2.05) is 33.3 Å². The van der Waals surface area contributed by atoms with E-state index in [2.05, 4.69) is 92.1 Å². The lowest BCUT2D eigenvalue weighted by molar-refractivity contribution is 0.187. The minimum Gasteiger partial charge on any atom is -0.311 e. The largest absolute Gasteiger partial charge is 0.311 e. The first kappa shape index (κ1) is 64.8. The van der Waals surface area contributed by atoms with Crippen LogP contribution in [0.4, 0.5) is 0 Å². The quantitative estimate of drug-likeness (QED) is 0.100. The van der Waals surface area contributed by atoms with Gasteiger partial charge in [0, 0.05) is 12.1 Å². The molecule has 0 aromatic carbocycles. The van der Waals surface area contributed by atoms with E-state index in [9.17, 15) is 0 Å². The van der Waals surface area contributed by atoms with Crippen molar-refractivity contribution in [3.63, 3.8) is 0 Å². The molecule has 0 amide bonds. The molecule has 0 radical (unpaired) electrons. The Morgan fingerprint density at radius 1 is 0.627 bits per heavy atom. The summed E-state index contributed by atoms with van der Waals surface area (Å²) in [5.41, 5.74) is 1.83. The normalized spacial score (nSPS) is 31.3. The summed E-state index contributed by atoms with van der Waals surface area (Å²) in [6.45, 7) is 30.6. The van der Waals surface area contributed by atoms with E-state index in [4.69, 9.17) is 0 Å². The van der Waals surface area contributed by atoms with Crippen LogP contribution in [0.3, 0.4) is 0 Å². The maximum atomic E-state index is 4.31. The minimum atomic E-state index is 0.698. The number of fused-ring (bicyclic) bond motifs is 3. The second-order valence-electron chi connectivity index (χ2n) is 23.1. The average Bonchev–Trinajstić information content (AvgIpc) is 4.23. The Kier molecular flexibility index (Phi) is 40.9. The van der Waals surface area contributed by atoms with Crippen LogP contribution in [0.15, 0.2) is 24.3 Å². The second kappa shape index (κ2) is 42.3. The Labute approximate surface area is 430 Å². The van der Waals surface area contributed by atoms with Crippen LogP contribution in [-0.4, -0.2) is 17.8 Å². The molecule has 6 saturated carbocycles. The monoisotopic (exact) mass is 954 g/mol. The highest BCUT2D eigenvalue weighted by Gasteiger charge is 2.46. The van der Waals surface area contributed by atoms with Gasteiger partial charge in [-0.25, -0.2) is 0 Å². The molecule has 1 nitrogen and oxygen atoms in total. The number of hydrogen-bond acceptors (Lipinski definition) is 2. The highest BCUT2D eigenvalue weighted by atomic mass is 32.1. The van der Waals surface area contributed by atoms with E-state index < -0.39 is 0 Å². The molecule has 1 saturated heterocycles. The van der Waals surface area contributed by atoms with E-state index in [0.717, 1.165) is 77.0 Å². The minimum absolute atomic E-state index is 0.698. The van der Waals surface area contributed by atoms with Crippen molar-refractivity contribution in [3.05, 3.63) is 24.3 Å². The third-order valence-electron chi connectivity index (χ3n) is 17.9. The van der Waals surface area contributed by atoms with Gasteiger partial charge in [0.1, 0.15) is 0 Å². The van der Waals surface area contributed by atoms with Gasteiger partial charge in [0.05, 0.1) is 0 Å². The van der Waals surface area contributed by atoms with Crippen molar-refractivity contribution >= 4 is 12.6 Å². The molecule has 67 heavy (non-hydrogen) atoms. The van der Waals surface area contributed by atoms with Crippen LogP contribution in [0, 0.1) is 65.1 Å². The van der Waals surface area contributed by atoms with E-state index in [0.29, 0.717) is 5.92 Å². The second-order valence-corrected chi connectivity index (χ2v) is 23.6. The lowest BCUT2D eigenvalue weighted by Gasteiger charge is -2.35. The van der Waals surface area contributed by atoms with Gasteiger partial charge in [0.15, 0.2) is 0 Å². The number of thiol groups is 1. The number of rotatable bonds is 14. The molecule has 1 aliphatic heterocycles. The summed E-state index contributed by atoms with van der Waals surface area (Å²) < 4.78 is 0. The molecule has 0 spiro atoms. The summed E-state index contributed by atoms with van der Waals surface area (Å²) in [5, 5.41) is 3.81. The number of hydrogen-bond donors (Lipinski definition) is 2. The molecular weight excluding hydrogens is 827 g/mol. The molecule has 7 fully saturated rings. The summed E-state index contributed by atoms with van der Waals surface area (Å²) in [6.07, 6.45) is 55.8. The first-order valence-electron chi connectivity index (χ1n) is 31.5. The van der Waals surface area contributed by atoms with Crippen molar-refractivity contribution in [1.29, 1.82) is 0 Å². The van der Waals surface area contributed by atoms with Gasteiger partial charge < -0.3 is 5.32 Å². The first-order valence-corrected chi connectivity index (χ1v) is 32.1. The molecule has 0 bridgehead atoms. The molecule has 12 unspecified atom stereocenters. The molecule has 2 heteroatoms. The van der Waals surface area contributed by atoms with Gasteiger partial charge in [-0.05, 0) is 141 Å². The van der Waals surface area contributed by atoms with Gasteiger partial charge in [0.25, 0.3) is 0 Å². The number of nitrogens with one attached hydrogen (secondary N) is 1. The third kappa shape index (κ3) is 25.8. The van der Waals surface area contributed by atoms with Crippen LogP contribution in [0.1, 0.15) is 308 Å².